The van der Waals surface area contributed by atoms with Crippen LogP contribution in [0.1, 0.15) is 47.1 Å². The van der Waals surface area contributed by atoms with Gasteiger partial charge in [-0.3, -0.25) is 4.79 Å². The lowest BCUT2D eigenvalue weighted by Gasteiger charge is -2.18. The second kappa shape index (κ2) is 7.40. The standard InChI is InChI=1S/C17H22N2O2S/c1-5-13(6-2)21-15-10-8-7-9-14(15)19-17(20)16-11(3)18-12(4)22-16/h7-10,13H,5-6H2,1-4H3,(H,19,20). The minimum Gasteiger partial charge on any atom is -0.488 e. The van der Waals surface area contributed by atoms with E-state index < -0.39 is 0 Å². The molecule has 0 aliphatic rings. The summed E-state index contributed by atoms with van der Waals surface area (Å²) < 4.78 is 5.99. The smallest absolute Gasteiger partial charge is 0.267 e. The van der Waals surface area contributed by atoms with E-state index in [2.05, 4.69) is 24.1 Å². The Bertz CT molecular complexity index is 648. The van der Waals surface area contributed by atoms with E-state index in [1.807, 2.05) is 38.1 Å². The predicted molar refractivity (Wildman–Crippen MR) is 91.0 cm³/mol. The zero-order valence-electron chi connectivity index (χ0n) is 13.5. The normalized spacial score (nSPS) is 10.8. The van der Waals surface area contributed by atoms with E-state index in [-0.39, 0.29) is 12.0 Å². The second-order valence-corrected chi connectivity index (χ2v) is 6.36. The van der Waals surface area contributed by atoms with Crippen molar-refractivity contribution in [2.75, 3.05) is 5.32 Å². The summed E-state index contributed by atoms with van der Waals surface area (Å²) in [5, 5.41) is 3.83. The van der Waals surface area contributed by atoms with Gasteiger partial charge in [-0.25, -0.2) is 4.98 Å². The Labute approximate surface area is 135 Å². The Morgan fingerprint density at radius 2 is 1.95 bits per heavy atom. The summed E-state index contributed by atoms with van der Waals surface area (Å²) >= 11 is 1.41. The number of aryl methyl sites for hydroxylation is 2. The van der Waals surface area contributed by atoms with Gasteiger partial charge >= 0.3 is 0 Å². The third-order valence-corrected chi connectivity index (χ3v) is 4.52. The molecule has 1 N–H and O–H groups in total. The van der Waals surface area contributed by atoms with E-state index in [0.717, 1.165) is 23.5 Å². The maximum absolute atomic E-state index is 12.4. The fraction of sp³-hybridized carbons (Fsp3) is 0.412. The lowest BCUT2D eigenvalue weighted by Crippen LogP contribution is -2.17. The van der Waals surface area contributed by atoms with E-state index in [1.54, 1.807) is 0 Å². The molecule has 0 fully saturated rings. The molecule has 1 amide bonds. The zero-order valence-corrected chi connectivity index (χ0v) is 14.3. The predicted octanol–water partition coefficient (Wildman–Crippen LogP) is 4.58. The summed E-state index contributed by atoms with van der Waals surface area (Å²) in [7, 11) is 0. The summed E-state index contributed by atoms with van der Waals surface area (Å²) in [6, 6.07) is 7.55. The molecule has 0 radical (unpaired) electrons. The Kier molecular flexibility index (Phi) is 5.55. The number of thiazole rings is 1. The number of benzene rings is 1. The Balaban J connectivity index is 2.19. The molecular formula is C17H22N2O2S. The number of carbonyl (C=O) groups excluding carboxylic acids is 1. The van der Waals surface area contributed by atoms with Crippen molar-refractivity contribution in [3.63, 3.8) is 0 Å². The molecule has 0 saturated carbocycles. The van der Waals surface area contributed by atoms with Crippen molar-refractivity contribution < 1.29 is 9.53 Å². The van der Waals surface area contributed by atoms with Crippen LogP contribution in [0, 0.1) is 13.8 Å². The highest BCUT2D eigenvalue weighted by molar-refractivity contribution is 7.13. The van der Waals surface area contributed by atoms with Crippen LogP contribution in [0.25, 0.3) is 0 Å². The van der Waals surface area contributed by atoms with Crippen molar-refractivity contribution in [2.24, 2.45) is 0 Å². The van der Waals surface area contributed by atoms with Gasteiger partial charge in [-0.05, 0) is 38.8 Å². The van der Waals surface area contributed by atoms with Gasteiger partial charge in [0.15, 0.2) is 0 Å². The first-order valence-corrected chi connectivity index (χ1v) is 8.37. The molecule has 118 valence electrons. The van der Waals surface area contributed by atoms with Crippen LogP contribution in [0.4, 0.5) is 5.69 Å². The SMILES string of the molecule is CCC(CC)Oc1ccccc1NC(=O)c1sc(C)nc1C. The molecule has 0 saturated heterocycles. The molecule has 1 aromatic heterocycles. The molecule has 22 heavy (non-hydrogen) atoms. The maximum atomic E-state index is 12.4. The first-order valence-electron chi connectivity index (χ1n) is 7.56. The fourth-order valence-corrected chi connectivity index (χ4v) is 3.04. The van der Waals surface area contributed by atoms with Crippen molar-refractivity contribution in [3.05, 3.63) is 39.8 Å². The number of amides is 1. The molecule has 2 rings (SSSR count). The lowest BCUT2D eigenvalue weighted by molar-refractivity contribution is 0.102. The van der Waals surface area contributed by atoms with Gasteiger partial charge in [-0.1, -0.05) is 26.0 Å². The molecule has 2 aromatic rings. The van der Waals surface area contributed by atoms with Gasteiger partial charge in [-0.15, -0.1) is 11.3 Å². The van der Waals surface area contributed by atoms with Gasteiger partial charge in [0.25, 0.3) is 5.91 Å². The lowest BCUT2D eigenvalue weighted by atomic mass is 10.2. The molecule has 1 heterocycles. The molecule has 0 unspecified atom stereocenters. The number of anilines is 1. The van der Waals surface area contributed by atoms with Crippen LogP contribution < -0.4 is 10.1 Å². The van der Waals surface area contributed by atoms with Gasteiger partial charge in [0, 0.05) is 0 Å². The average Bonchev–Trinajstić information content (AvgIpc) is 2.85. The Morgan fingerprint density at radius 3 is 2.55 bits per heavy atom. The summed E-state index contributed by atoms with van der Waals surface area (Å²) in [5.41, 5.74) is 1.46. The quantitative estimate of drug-likeness (QED) is 0.848. The monoisotopic (exact) mass is 318 g/mol. The summed E-state index contributed by atoms with van der Waals surface area (Å²) in [5.74, 6) is 0.576. The molecule has 4 nitrogen and oxygen atoms in total. The number of carbonyl (C=O) groups is 1. The van der Waals surface area contributed by atoms with Crippen molar-refractivity contribution in [1.82, 2.24) is 4.98 Å². The molecule has 0 aliphatic carbocycles. The number of aromatic nitrogens is 1. The molecule has 0 atom stereocenters. The highest BCUT2D eigenvalue weighted by Gasteiger charge is 2.16. The van der Waals surface area contributed by atoms with Crippen LogP contribution in [0.2, 0.25) is 0 Å². The zero-order chi connectivity index (χ0) is 16.1. The van der Waals surface area contributed by atoms with Crippen molar-refractivity contribution in [1.29, 1.82) is 0 Å². The summed E-state index contributed by atoms with van der Waals surface area (Å²) in [4.78, 5) is 17.4. The van der Waals surface area contributed by atoms with Crippen molar-refractivity contribution in [3.8, 4) is 5.75 Å². The summed E-state index contributed by atoms with van der Waals surface area (Å²) in [6.45, 7) is 7.95. The largest absolute Gasteiger partial charge is 0.488 e. The molecule has 0 aliphatic heterocycles. The fourth-order valence-electron chi connectivity index (χ4n) is 2.23. The summed E-state index contributed by atoms with van der Waals surface area (Å²) in [6.07, 6.45) is 2.03. The number of nitrogens with one attached hydrogen (secondary N) is 1. The van der Waals surface area contributed by atoms with Gasteiger partial charge in [0.2, 0.25) is 0 Å². The molecule has 1 aromatic carbocycles. The first kappa shape index (κ1) is 16.5. The van der Waals surface area contributed by atoms with Gasteiger partial charge < -0.3 is 10.1 Å². The number of hydrogen-bond acceptors (Lipinski definition) is 4. The van der Waals surface area contributed by atoms with Crippen LogP contribution in [0.3, 0.4) is 0 Å². The Hall–Kier alpha value is -1.88. The number of hydrogen-bond donors (Lipinski definition) is 1. The minimum atomic E-state index is -0.135. The molecule has 5 heteroatoms. The second-order valence-electron chi connectivity index (χ2n) is 5.15. The molecule has 0 spiro atoms. The number of para-hydroxylation sites is 2. The number of ether oxygens (including phenoxy) is 1. The van der Waals surface area contributed by atoms with Crippen molar-refractivity contribution >= 4 is 22.9 Å². The maximum Gasteiger partial charge on any atom is 0.267 e. The number of rotatable bonds is 6. The van der Waals surface area contributed by atoms with Crippen molar-refractivity contribution in [2.45, 2.75) is 46.6 Å². The topological polar surface area (TPSA) is 51.2 Å². The van der Waals surface area contributed by atoms with Crippen LogP contribution >= 0.6 is 11.3 Å². The minimum absolute atomic E-state index is 0.135. The van der Waals surface area contributed by atoms with Crippen LogP contribution in [-0.2, 0) is 0 Å². The Morgan fingerprint density at radius 1 is 1.27 bits per heavy atom. The van der Waals surface area contributed by atoms with Crippen LogP contribution in [0.5, 0.6) is 5.75 Å². The number of nitrogens with zero attached hydrogens (tertiary/aromatic N) is 1. The van der Waals surface area contributed by atoms with E-state index >= 15 is 0 Å². The van der Waals surface area contributed by atoms with Gasteiger partial charge in [0.1, 0.15) is 10.6 Å². The van der Waals surface area contributed by atoms with Gasteiger partial charge in [-0.2, -0.15) is 0 Å². The van der Waals surface area contributed by atoms with Crippen LogP contribution in [0.15, 0.2) is 24.3 Å². The van der Waals surface area contributed by atoms with E-state index in [9.17, 15) is 4.79 Å². The molecule has 0 bridgehead atoms. The highest BCUT2D eigenvalue weighted by Crippen LogP contribution is 2.27. The van der Waals surface area contributed by atoms with E-state index in [4.69, 9.17) is 4.74 Å². The third kappa shape index (κ3) is 3.85. The highest BCUT2D eigenvalue weighted by atomic mass is 32.1. The average molecular weight is 318 g/mol. The van der Waals surface area contributed by atoms with Gasteiger partial charge in [0.05, 0.1) is 22.5 Å². The molecular weight excluding hydrogens is 296 g/mol. The van der Waals surface area contributed by atoms with E-state index in [0.29, 0.717) is 16.3 Å². The first-order chi connectivity index (χ1) is 10.5. The third-order valence-electron chi connectivity index (χ3n) is 3.45. The van der Waals surface area contributed by atoms with Crippen LogP contribution in [-0.4, -0.2) is 17.0 Å². The van der Waals surface area contributed by atoms with E-state index in [1.165, 1.54) is 11.3 Å².